The van der Waals surface area contributed by atoms with E-state index in [1.807, 2.05) is 0 Å². The van der Waals surface area contributed by atoms with Gasteiger partial charge in [0.2, 0.25) is 0 Å². The zero-order valence-corrected chi connectivity index (χ0v) is 11.0. The molecule has 0 aromatic heterocycles. The van der Waals surface area contributed by atoms with E-state index in [0.717, 1.165) is 11.1 Å². The van der Waals surface area contributed by atoms with E-state index in [1.54, 1.807) is 0 Å². The number of likely N-dealkylation sites (N-methyl/N-ethyl adjacent to an activating group) is 1. The van der Waals surface area contributed by atoms with Gasteiger partial charge in [-0.2, -0.15) is 0 Å². The third kappa shape index (κ3) is 3.45. The fourth-order valence-electron chi connectivity index (χ4n) is 1.21. The van der Waals surface area contributed by atoms with Crippen molar-refractivity contribution >= 4 is 23.6 Å². The minimum Gasteiger partial charge on any atom is -0.496 e. The lowest BCUT2D eigenvalue weighted by Crippen LogP contribution is -2.22. The Morgan fingerprint density at radius 3 is 2.67 bits per heavy atom. The Morgan fingerprint density at radius 1 is 1.44 bits per heavy atom. The molecule has 18 heavy (non-hydrogen) atoms. The first-order chi connectivity index (χ1) is 8.49. The van der Waals surface area contributed by atoms with Crippen molar-refractivity contribution in [1.29, 1.82) is 0 Å². The van der Waals surface area contributed by atoms with Crippen molar-refractivity contribution in [2.75, 3.05) is 21.3 Å². The second kappa shape index (κ2) is 6.37. The minimum absolute atomic E-state index is 0.0389. The van der Waals surface area contributed by atoms with Gasteiger partial charge in [0.25, 0.3) is 5.91 Å². The predicted molar refractivity (Wildman–Crippen MR) is 66.8 cm³/mol. The second-order valence-electron chi connectivity index (χ2n) is 3.36. The van der Waals surface area contributed by atoms with Gasteiger partial charge in [0.1, 0.15) is 11.6 Å². The van der Waals surface area contributed by atoms with Crippen LogP contribution in [0.5, 0.6) is 5.75 Å². The number of rotatable bonds is 4. The third-order valence-corrected chi connectivity index (χ3v) is 2.55. The molecular formula is C12H13ClFNO3. The molecule has 0 atom stereocenters. The number of hydroxylamine groups is 2. The molecular weight excluding hydrogens is 261 g/mol. The standard InChI is InChI=1S/C12H13ClFNO3/c1-15(18-3)12(16)5-4-8-6-9(13)10(14)7-11(8)17-2/h4-7H,1-3H3/b5-4+. The molecule has 0 heterocycles. The molecule has 0 spiro atoms. The number of carbonyl (C=O) groups excluding carboxylic acids is 1. The number of methoxy groups -OCH3 is 1. The summed E-state index contributed by atoms with van der Waals surface area (Å²) in [4.78, 5) is 16.2. The SMILES string of the molecule is COc1cc(F)c(Cl)cc1/C=C/C(=O)N(C)OC. The summed E-state index contributed by atoms with van der Waals surface area (Å²) in [7, 11) is 4.26. The lowest BCUT2D eigenvalue weighted by atomic mass is 10.2. The maximum atomic E-state index is 13.2. The van der Waals surface area contributed by atoms with Crippen LogP contribution < -0.4 is 4.74 Å². The van der Waals surface area contributed by atoms with Gasteiger partial charge in [-0.05, 0) is 12.1 Å². The Balaban J connectivity index is 3.00. The van der Waals surface area contributed by atoms with Crippen LogP contribution in [0.2, 0.25) is 5.02 Å². The molecule has 1 aromatic carbocycles. The summed E-state index contributed by atoms with van der Waals surface area (Å²) >= 11 is 5.66. The van der Waals surface area contributed by atoms with E-state index in [9.17, 15) is 9.18 Å². The van der Waals surface area contributed by atoms with Crippen molar-refractivity contribution in [3.05, 3.63) is 34.6 Å². The van der Waals surface area contributed by atoms with E-state index in [0.29, 0.717) is 11.3 Å². The van der Waals surface area contributed by atoms with E-state index in [2.05, 4.69) is 0 Å². The Labute approximate surface area is 110 Å². The van der Waals surface area contributed by atoms with Crippen molar-refractivity contribution in [3.63, 3.8) is 0 Å². The van der Waals surface area contributed by atoms with Crippen LogP contribution in [0, 0.1) is 5.82 Å². The molecule has 98 valence electrons. The van der Waals surface area contributed by atoms with Gasteiger partial charge in [0.05, 0.1) is 19.2 Å². The van der Waals surface area contributed by atoms with Gasteiger partial charge in [-0.3, -0.25) is 9.63 Å². The molecule has 0 aliphatic carbocycles. The molecule has 4 nitrogen and oxygen atoms in total. The van der Waals surface area contributed by atoms with Crippen LogP contribution in [0.25, 0.3) is 6.08 Å². The van der Waals surface area contributed by atoms with Crippen LogP contribution >= 0.6 is 11.6 Å². The number of hydrogen-bond donors (Lipinski definition) is 0. The molecule has 0 aliphatic heterocycles. The number of benzene rings is 1. The average Bonchev–Trinajstić information content (AvgIpc) is 2.38. The Hall–Kier alpha value is -1.59. The van der Waals surface area contributed by atoms with E-state index >= 15 is 0 Å². The maximum Gasteiger partial charge on any atom is 0.269 e. The molecule has 0 fully saturated rings. The maximum absolute atomic E-state index is 13.2. The topological polar surface area (TPSA) is 38.8 Å². The Bertz CT molecular complexity index is 477. The monoisotopic (exact) mass is 273 g/mol. The summed E-state index contributed by atoms with van der Waals surface area (Å²) in [6.07, 6.45) is 2.75. The van der Waals surface area contributed by atoms with E-state index in [4.69, 9.17) is 21.2 Å². The molecule has 6 heteroatoms. The molecule has 0 bridgehead atoms. The second-order valence-corrected chi connectivity index (χ2v) is 3.77. The van der Waals surface area contributed by atoms with Crippen LogP contribution in [0.4, 0.5) is 4.39 Å². The van der Waals surface area contributed by atoms with Crippen LogP contribution in [-0.2, 0) is 9.63 Å². The van der Waals surface area contributed by atoms with Gasteiger partial charge in [-0.25, -0.2) is 9.45 Å². The van der Waals surface area contributed by atoms with Crippen molar-refractivity contribution in [2.24, 2.45) is 0 Å². The molecule has 0 saturated heterocycles. The van der Waals surface area contributed by atoms with Crippen molar-refractivity contribution < 1.29 is 18.8 Å². The van der Waals surface area contributed by atoms with Crippen molar-refractivity contribution in [3.8, 4) is 5.75 Å². The molecule has 0 radical (unpaired) electrons. The summed E-state index contributed by atoms with van der Waals surface area (Å²) in [6.45, 7) is 0. The summed E-state index contributed by atoms with van der Waals surface area (Å²) in [5.41, 5.74) is 0.502. The highest BCUT2D eigenvalue weighted by Crippen LogP contribution is 2.26. The highest BCUT2D eigenvalue weighted by atomic mass is 35.5. The van der Waals surface area contributed by atoms with Crippen molar-refractivity contribution in [1.82, 2.24) is 5.06 Å². The first-order valence-corrected chi connectivity index (χ1v) is 5.40. The molecule has 0 saturated carbocycles. The first-order valence-electron chi connectivity index (χ1n) is 5.02. The summed E-state index contributed by atoms with van der Waals surface area (Å²) < 4.78 is 18.2. The van der Waals surface area contributed by atoms with Gasteiger partial charge in [-0.1, -0.05) is 11.6 Å². The number of carbonyl (C=O) groups is 1. The quantitative estimate of drug-likeness (QED) is 0.625. The fourth-order valence-corrected chi connectivity index (χ4v) is 1.38. The van der Waals surface area contributed by atoms with E-state index in [1.165, 1.54) is 39.5 Å². The van der Waals surface area contributed by atoms with Crippen LogP contribution in [0.1, 0.15) is 5.56 Å². The molecule has 1 aromatic rings. The summed E-state index contributed by atoms with van der Waals surface area (Å²) in [6, 6.07) is 2.54. The number of nitrogens with zero attached hydrogens (tertiary/aromatic N) is 1. The van der Waals surface area contributed by atoms with Crippen LogP contribution in [0.15, 0.2) is 18.2 Å². The average molecular weight is 274 g/mol. The van der Waals surface area contributed by atoms with Gasteiger partial charge < -0.3 is 4.74 Å². The molecule has 1 rings (SSSR count). The van der Waals surface area contributed by atoms with Gasteiger partial charge >= 0.3 is 0 Å². The van der Waals surface area contributed by atoms with Gasteiger partial charge in [0, 0.05) is 24.8 Å². The lowest BCUT2D eigenvalue weighted by molar-refractivity contribution is -0.162. The lowest BCUT2D eigenvalue weighted by Gasteiger charge is -2.10. The molecule has 0 unspecified atom stereocenters. The number of hydrogen-bond acceptors (Lipinski definition) is 3. The Kier molecular flexibility index (Phi) is 5.12. The number of ether oxygens (including phenoxy) is 1. The van der Waals surface area contributed by atoms with Crippen molar-refractivity contribution in [2.45, 2.75) is 0 Å². The van der Waals surface area contributed by atoms with E-state index in [-0.39, 0.29) is 10.9 Å². The van der Waals surface area contributed by atoms with Gasteiger partial charge in [-0.15, -0.1) is 0 Å². The normalized spacial score (nSPS) is 10.7. The highest BCUT2D eigenvalue weighted by Gasteiger charge is 2.08. The molecule has 1 amide bonds. The van der Waals surface area contributed by atoms with E-state index < -0.39 is 5.82 Å². The first kappa shape index (κ1) is 14.5. The number of amides is 1. The summed E-state index contributed by atoms with van der Waals surface area (Å²) in [5, 5.41) is 1.01. The number of halogens is 2. The van der Waals surface area contributed by atoms with Crippen LogP contribution in [0.3, 0.4) is 0 Å². The zero-order valence-electron chi connectivity index (χ0n) is 10.2. The zero-order chi connectivity index (χ0) is 13.7. The largest absolute Gasteiger partial charge is 0.496 e. The smallest absolute Gasteiger partial charge is 0.269 e. The molecule has 0 aliphatic rings. The minimum atomic E-state index is -0.578. The third-order valence-electron chi connectivity index (χ3n) is 2.26. The van der Waals surface area contributed by atoms with Gasteiger partial charge in [0.15, 0.2) is 0 Å². The molecule has 0 N–H and O–H groups in total. The summed E-state index contributed by atoms with van der Waals surface area (Å²) in [5.74, 6) is -0.646. The Morgan fingerprint density at radius 2 is 2.11 bits per heavy atom. The van der Waals surface area contributed by atoms with Crippen LogP contribution in [-0.4, -0.2) is 32.2 Å². The predicted octanol–water partition coefficient (Wildman–Crippen LogP) is 2.52. The fraction of sp³-hybridized carbons (Fsp3) is 0.250. The highest BCUT2D eigenvalue weighted by molar-refractivity contribution is 6.31.